The number of ether oxygens (including phenoxy) is 2. The monoisotopic (exact) mass is 377 g/mol. The quantitative estimate of drug-likeness (QED) is 0.814. The van der Waals surface area contributed by atoms with Crippen molar-refractivity contribution in [2.45, 2.75) is 64.1 Å². The van der Waals surface area contributed by atoms with Crippen molar-refractivity contribution in [1.82, 2.24) is 4.90 Å². The van der Waals surface area contributed by atoms with Gasteiger partial charge in [-0.15, -0.1) is 0 Å². The molecule has 0 aromatic heterocycles. The summed E-state index contributed by atoms with van der Waals surface area (Å²) < 4.78 is 11.7. The number of amides is 1. The predicted molar refractivity (Wildman–Crippen MR) is 103 cm³/mol. The van der Waals surface area contributed by atoms with Gasteiger partial charge in [-0.05, 0) is 57.2 Å². The summed E-state index contributed by atoms with van der Waals surface area (Å²) in [6, 6.07) is 5.81. The van der Waals surface area contributed by atoms with E-state index < -0.39 is 17.1 Å². The van der Waals surface area contributed by atoms with Crippen molar-refractivity contribution >= 4 is 6.09 Å². The Balaban J connectivity index is 1.96. The van der Waals surface area contributed by atoms with Crippen LogP contribution in [-0.4, -0.2) is 53.1 Å². The summed E-state index contributed by atoms with van der Waals surface area (Å²) in [6.45, 7) is 6.12. The SMILES string of the molecule is COc1ccc(C2CN(C(=O)O)CC2(C)C(C)(C)O)cc1OC1CCCC1. The number of carbonyl (C=O) groups is 1. The Morgan fingerprint density at radius 1 is 1.26 bits per heavy atom. The third-order valence-corrected chi connectivity index (χ3v) is 6.55. The fourth-order valence-corrected chi connectivity index (χ4v) is 4.42. The number of carboxylic acid groups (broad SMARTS) is 1. The molecule has 2 aliphatic rings. The van der Waals surface area contributed by atoms with Crippen LogP contribution in [0.1, 0.15) is 57.9 Å². The molecule has 1 saturated heterocycles. The Hall–Kier alpha value is -1.95. The number of methoxy groups -OCH3 is 1. The van der Waals surface area contributed by atoms with Gasteiger partial charge in [0.1, 0.15) is 0 Å². The minimum absolute atomic E-state index is 0.134. The largest absolute Gasteiger partial charge is 0.493 e. The molecular weight excluding hydrogens is 346 g/mol. The van der Waals surface area contributed by atoms with Gasteiger partial charge in [-0.2, -0.15) is 0 Å². The smallest absolute Gasteiger partial charge is 0.407 e. The molecule has 6 heteroatoms. The van der Waals surface area contributed by atoms with Crippen molar-refractivity contribution in [2.24, 2.45) is 5.41 Å². The number of nitrogens with zero attached hydrogens (tertiary/aromatic N) is 1. The van der Waals surface area contributed by atoms with Crippen LogP contribution in [0, 0.1) is 5.41 Å². The van der Waals surface area contributed by atoms with Crippen molar-refractivity contribution in [3.63, 3.8) is 0 Å². The molecule has 1 saturated carbocycles. The highest BCUT2D eigenvalue weighted by Crippen LogP contribution is 2.50. The molecule has 2 atom stereocenters. The molecule has 0 spiro atoms. The fourth-order valence-electron chi connectivity index (χ4n) is 4.42. The summed E-state index contributed by atoms with van der Waals surface area (Å²) in [7, 11) is 1.62. The molecular formula is C21H31NO5. The lowest BCUT2D eigenvalue weighted by Gasteiger charge is -2.41. The molecule has 1 heterocycles. The minimum Gasteiger partial charge on any atom is -0.493 e. The maximum Gasteiger partial charge on any atom is 0.407 e. The molecule has 2 fully saturated rings. The van der Waals surface area contributed by atoms with Crippen LogP contribution in [0.4, 0.5) is 4.79 Å². The lowest BCUT2D eigenvalue weighted by Crippen LogP contribution is -2.46. The molecule has 150 valence electrons. The second-order valence-corrected chi connectivity index (χ2v) is 8.63. The molecule has 1 aliphatic heterocycles. The lowest BCUT2D eigenvalue weighted by molar-refractivity contribution is -0.0466. The Morgan fingerprint density at radius 2 is 1.93 bits per heavy atom. The van der Waals surface area contributed by atoms with Crippen molar-refractivity contribution in [1.29, 1.82) is 0 Å². The second-order valence-electron chi connectivity index (χ2n) is 8.63. The summed E-state index contributed by atoms with van der Waals surface area (Å²) in [6.07, 6.45) is 3.70. The van der Waals surface area contributed by atoms with Gasteiger partial charge in [0.15, 0.2) is 11.5 Å². The standard InChI is InChI=1S/C21H31NO5/c1-20(2,25)21(3)13-22(19(23)24)12-16(21)14-9-10-17(26-4)18(11-14)27-15-7-5-6-8-15/h9-11,15-16,25H,5-8,12-13H2,1-4H3,(H,23,24). The summed E-state index contributed by atoms with van der Waals surface area (Å²) in [5.41, 5.74) is -0.670. The van der Waals surface area contributed by atoms with Gasteiger partial charge in [0, 0.05) is 24.4 Å². The average molecular weight is 377 g/mol. The van der Waals surface area contributed by atoms with E-state index in [-0.39, 0.29) is 12.0 Å². The summed E-state index contributed by atoms with van der Waals surface area (Å²) >= 11 is 0. The number of rotatable bonds is 5. The van der Waals surface area contributed by atoms with Crippen LogP contribution in [0.25, 0.3) is 0 Å². The van der Waals surface area contributed by atoms with E-state index in [0.717, 1.165) is 18.4 Å². The van der Waals surface area contributed by atoms with Crippen LogP contribution >= 0.6 is 0 Å². The van der Waals surface area contributed by atoms with E-state index in [0.29, 0.717) is 24.6 Å². The molecule has 0 bridgehead atoms. The van der Waals surface area contributed by atoms with Crippen LogP contribution in [0.15, 0.2) is 18.2 Å². The van der Waals surface area contributed by atoms with Gasteiger partial charge in [0.2, 0.25) is 0 Å². The Labute approximate surface area is 161 Å². The Kier molecular flexibility index (Phi) is 5.30. The summed E-state index contributed by atoms with van der Waals surface area (Å²) in [5.74, 6) is 1.25. The van der Waals surface area contributed by atoms with Crippen LogP contribution in [-0.2, 0) is 0 Å². The first kappa shape index (κ1) is 19.8. The Bertz CT molecular complexity index is 692. The zero-order valence-corrected chi connectivity index (χ0v) is 16.7. The molecule has 1 aromatic carbocycles. The van der Waals surface area contributed by atoms with Crippen LogP contribution in [0.2, 0.25) is 0 Å². The molecule has 1 aromatic rings. The van der Waals surface area contributed by atoms with E-state index >= 15 is 0 Å². The van der Waals surface area contributed by atoms with E-state index in [4.69, 9.17) is 9.47 Å². The number of benzene rings is 1. The molecule has 6 nitrogen and oxygen atoms in total. The molecule has 2 N–H and O–H groups in total. The van der Waals surface area contributed by atoms with Gasteiger partial charge in [-0.3, -0.25) is 0 Å². The number of hydrogen-bond acceptors (Lipinski definition) is 4. The zero-order valence-electron chi connectivity index (χ0n) is 16.7. The van der Waals surface area contributed by atoms with Gasteiger partial charge in [-0.1, -0.05) is 13.0 Å². The maximum atomic E-state index is 11.6. The fraction of sp³-hybridized carbons (Fsp3) is 0.667. The molecule has 2 unspecified atom stereocenters. The first-order valence-electron chi connectivity index (χ1n) is 9.70. The number of hydrogen-bond donors (Lipinski definition) is 2. The topological polar surface area (TPSA) is 79.2 Å². The minimum atomic E-state index is -1.03. The van der Waals surface area contributed by atoms with Gasteiger partial charge in [-0.25, -0.2) is 4.79 Å². The van der Waals surface area contributed by atoms with Gasteiger partial charge in [0.25, 0.3) is 0 Å². The zero-order chi connectivity index (χ0) is 19.8. The van der Waals surface area contributed by atoms with Crippen molar-refractivity contribution in [2.75, 3.05) is 20.2 Å². The first-order chi connectivity index (χ1) is 12.7. The third-order valence-electron chi connectivity index (χ3n) is 6.55. The summed E-state index contributed by atoms with van der Waals surface area (Å²) in [5, 5.41) is 20.3. The average Bonchev–Trinajstić information content (AvgIpc) is 3.22. The van der Waals surface area contributed by atoms with Gasteiger partial charge >= 0.3 is 6.09 Å². The number of aliphatic hydroxyl groups is 1. The van der Waals surface area contributed by atoms with Crippen molar-refractivity contribution in [3.8, 4) is 11.5 Å². The van der Waals surface area contributed by atoms with Crippen molar-refractivity contribution < 1.29 is 24.5 Å². The normalized spacial score (nSPS) is 26.4. The highest BCUT2D eigenvalue weighted by Gasteiger charge is 2.53. The molecule has 27 heavy (non-hydrogen) atoms. The van der Waals surface area contributed by atoms with E-state index in [1.165, 1.54) is 17.7 Å². The second kappa shape index (κ2) is 7.23. The Morgan fingerprint density at radius 3 is 2.48 bits per heavy atom. The molecule has 3 rings (SSSR count). The van der Waals surface area contributed by atoms with Gasteiger partial charge in [0.05, 0.1) is 18.8 Å². The van der Waals surface area contributed by atoms with E-state index in [2.05, 4.69) is 0 Å². The van der Waals surface area contributed by atoms with Crippen molar-refractivity contribution in [3.05, 3.63) is 23.8 Å². The van der Waals surface area contributed by atoms with Gasteiger partial charge < -0.3 is 24.6 Å². The maximum absolute atomic E-state index is 11.6. The number of likely N-dealkylation sites (tertiary alicyclic amines) is 1. The highest BCUT2D eigenvalue weighted by molar-refractivity contribution is 5.66. The van der Waals surface area contributed by atoms with Crippen LogP contribution < -0.4 is 9.47 Å². The summed E-state index contributed by atoms with van der Waals surface area (Å²) in [4.78, 5) is 13.0. The first-order valence-corrected chi connectivity index (χ1v) is 9.70. The third kappa shape index (κ3) is 3.72. The van der Waals surface area contributed by atoms with Crippen LogP contribution in [0.5, 0.6) is 11.5 Å². The predicted octanol–water partition coefficient (Wildman–Crippen LogP) is 3.87. The lowest BCUT2D eigenvalue weighted by atomic mass is 9.66. The molecule has 1 aliphatic carbocycles. The van der Waals surface area contributed by atoms with E-state index in [1.807, 2.05) is 25.1 Å². The van der Waals surface area contributed by atoms with Crippen LogP contribution in [0.3, 0.4) is 0 Å². The highest BCUT2D eigenvalue weighted by atomic mass is 16.5. The van der Waals surface area contributed by atoms with E-state index in [9.17, 15) is 15.0 Å². The van der Waals surface area contributed by atoms with E-state index in [1.54, 1.807) is 21.0 Å². The molecule has 0 radical (unpaired) electrons. The molecule has 1 amide bonds.